The van der Waals surface area contributed by atoms with Gasteiger partial charge in [-0.1, -0.05) is 0 Å². The average Bonchev–Trinajstić information content (AvgIpc) is 2.01. The minimum absolute atomic E-state index is 0.0428. The van der Waals surface area contributed by atoms with Crippen molar-refractivity contribution in [2.45, 2.75) is 20.0 Å². The maximum absolute atomic E-state index is 13.0. The average molecular weight is 197 g/mol. The molecule has 1 aromatic carbocycles. The first-order chi connectivity index (χ1) is 6.61. The summed E-state index contributed by atoms with van der Waals surface area (Å²) in [6.07, 6.45) is 0.0428. The van der Waals surface area contributed by atoms with Crippen LogP contribution in [0.2, 0.25) is 0 Å². The van der Waals surface area contributed by atoms with Crippen LogP contribution in [-0.2, 0) is 0 Å². The molecule has 14 heavy (non-hydrogen) atoms. The van der Waals surface area contributed by atoms with Crippen molar-refractivity contribution in [2.24, 2.45) is 0 Å². The second kappa shape index (κ2) is 4.96. The van der Waals surface area contributed by atoms with E-state index in [9.17, 15) is 4.39 Å². The topological polar surface area (TPSA) is 21.3 Å². The lowest BCUT2D eigenvalue weighted by atomic mass is 10.2. The van der Waals surface area contributed by atoms with Crippen molar-refractivity contribution < 1.29 is 9.13 Å². The van der Waals surface area contributed by atoms with Crippen LogP contribution in [0.1, 0.15) is 12.5 Å². The Morgan fingerprint density at radius 2 is 2.14 bits per heavy atom. The van der Waals surface area contributed by atoms with Crippen LogP contribution in [0.15, 0.2) is 18.2 Å². The van der Waals surface area contributed by atoms with Crippen molar-refractivity contribution >= 4 is 0 Å². The van der Waals surface area contributed by atoms with Crippen LogP contribution in [0.3, 0.4) is 0 Å². The van der Waals surface area contributed by atoms with Crippen LogP contribution < -0.4 is 10.1 Å². The van der Waals surface area contributed by atoms with E-state index in [0.29, 0.717) is 5.75 Å². The minimum Gasteiger partial charge on any atom is -0.489 e. The Labute approximate surface area is 84.1 Å². The summed E-state index contributed by atoms with van der Waals surface area (Å²) in [5.41, 5.74) is 0.872. The monoisotopic (exact) mass is 197 g/mol. The number of hydrogen-bond acceptors (Lipinski definition) is 2. The molecule has 1 aromatic rings. The van der Waals surface area contributed by atoms with E-state index in [1.165, 1.54) is 12.1 Å². The Bertz CT molecular complexity index is 281. The Kier molecular flexibility index (Phi) is 3.89. The fourth-order valence-electron chi connectivity index (χ4n) is 1.33. The third kappa shape index (κ3) is 3.34. The molecule has 0 aliphatic carbocycles. The van der Waals surface area contributed by atoms with Crippen LogP contribution >= 0.6 is 0 Å². The van der Waals surface area contributed by atoms with Crippen LogP contribution in [0, 0.1) is 12.7 Å². The molecule has 0 fully saturated rings. The fourth-order valence-corrected chi connectivity index (χ4v) is 1.33. The van der Waals surface area contributed by atoms with Crippen molar-refractivity contribution in [3.05, 3.63) is 29.6 Å². The van der Waals surface area contributed by atoms with Gasteiger partial charge in [-0.25, -0.2) is 4.39 Å². The number of nitrogens with one attached hydrogen (secondary N) is 1. The lowest BCUT2D eigenvalue weighted by Gasteiger charge is -2.14. The van der Waals surface area contributed by atoms with Gasteiger partial charge >= 0.3 is 0 Å². The van der Waals surface area contributed by atoms with Crippen molar-refractivity contribution in [2.75, 3.05) is 13.6 Å². The summed E-state index contributed by atoms with van der Waals surface area (Å²) in [6, 6.07) is 4.71. The predicted molar refractivity (Wildman–Crippen MR) is 55.2 cm³/mol. The van der Waals surface area contributed by atoms with E-state index >= 15 is 0 Å². The van der Waals surface area contributed by atoms with Crippen LogP contribution in [-0.4, -0.2) is 19.7 Å². The highest BCUT2D eigenvalue weighted by molar-refractivity contribution is 5.28. The molecule has 1 rings (SSSR count). The second-order valence-corrected chi connectivity index (χ2v) is 3.45. The molecule has 0 aliphatic rings. The van der Waals surface area contributed by atoms with Gasteiger partial charge in [0.05, 0.1) is 0 Å². The van der Waals surface area contributed by atoms with Gasteiger partial charge in [0.1, 0.15) is 17.7 Å². The minimum atomic E-state index is -0.253. The Morgan fingerprint density at radius 3 is 2.71 bits per heavy atom. The molecule has 0 saturated heterocycles. The van der Waals surface area contributed by atoms with Crippen molar-refractivity contribution in [3.8, 4) is 5.75 Å². The van der Waals surface area contributed by atoms with E-state index in [1.807, 2.05) is 27.0 Å². The highest BCUT2D eigenvalue weighted by Gasteiger charge is 2.04. The first kappa shape index (κ1) is 11.0. The molecule has 0 radical (unpaired) electrons. The molecular formula is C11H16FNO. The Hall–Kier alpha value is -1.09. The molecule has 2 nitrogen and oxygen atoms in total. The van der Waals surface area contributed by atoms with E-state index < -0.39 is 0 Å². The number of ether oxygens (including phenoxy) is 1. The van der Waals surface area contributed by atoms with Crippen molar-refractivity contribution in [1.29, 1.82) is 0 Å². The zero-order valence-electron chi connectivity index (χ0n) is 8.80. The van der Waals surface area contributed by atoms with Gasteiger partial charge in [0.25, 0.3) is 0 Å². The van der Waals surface area contributed by atoms with Gasteiger partial charge in [-0.3, -0.25) is 0 Å². The molecule has 1 atom stereocenters. The summed E-state index contributed by atoms with van der Waals surface area (Å²) in [5, 5.41) is 3.00. The summed E-state index contributed by atoms with van der Waals surface area (Å²) >= 11 is 0. The third-order valence-electron chi connectivity index (χ3n) is 1.84. The highest BCUT2D eigenvalue weighted by Crippen LogP contribution is 2.16. The van der Waals surface area contributed by atoms with Gasteiger partial charge in [-0.2, -0.15) is 0 Å². The smallest absolute Gasteiger partial charge is 0.127 e. The van der Waals surface area contributed by atoms with Gasteiger partial charge in [0.15, 0.2) is 0 Å². The normalized spacial score (nSPS) is 12.6. The van der Waals surface area contributed by atoms with E-state index in [-0.39, 0.29) is 11.9 Å². The summed E-state index contributed by atoms with van der Waals surface area (Å²) in [5.74, 6) is 0.335. The number of halogens is 1. The number of aryl methyl sites for hydroxylation is 1. The molecule has 0 spiro atoms. The number of benzene rings is 1. The summed E-state index contributed by atoms with van der Waals surface area (Å²) in [6.45, 7) is 4.53. The molecule has 0 saturated carbocycles. The number of likely N-dealkylation sites (N-methyl/N-ethyl adjacent to an activating group) is 1. The van der Waals surface area contributed by atoms with Crippen LogP contribution in [0.5, 0.6) is 5.75 Å². The van der Waals surface area contributed by atoms with Gasteiger partial charge < -0.3 is 10.1 Å². The molecule has 0 heterocycles. The second-order valence-electron chi connectivity index (χ2n) is 3.45. The standard InChI is InChI=1S/C11H16FNO/c1-8-4-10(12)6-11(5-8)14-9(2)7-13-3/h4-6,9,13H,7H2,1-3H3/t9-/m1/s1. The lowest BCUT2D eigenvalue weighted by molar-refractivity contribution is 0.219. The Balaban J connectivity index is 2.66. The first-order valence-electron chi connectivity index (χ1n) is 4.70. The van der Waals surface area contributed by atoms with Crippen LogP contribution in [0.25, 0.3) is 0 Å². The molecule has 1 N–H and O–H groups in total. The van der Waals surface area contributed by atoms with Gasteiger partial charge in [-0.05, 0) is 38.6 Å². The van der Waals surface area contributed by atoms with E-state index in [1.54, 1.807) is 0 Å². The summed E-state index contributed by atoms with van der Waals surface area (Å²) in [7, 11) is 1.86. The lowest BCUT2D eigenvalue weighted by Crippen LogP contribution is -2.26. The van der Waals surface area contributed by atoms with Gasteiger partial charge in [0, 0.05) is 12.6 Å². The molecule has 3 heteroatoms. The van der Waals surface area contributed by atoms with E-state index in [0.717, 1.165) is 12.1 Å². The number of rotatable bonds is 4. The van der Waals surface area contributed by atoms with E-state index in [2.05, 4.69) is 5.32 Å². The zero-order chi connectivity index (χ0) is 10.6. The van der Waals surface area contributed by atoms with Gasteiger partial charge in [0.2, 0.25) is 0 Å². The van der Waals surface area contributed by atoms with Gasteiger partial charge in [-0.15, -0.1) is 0 Å². The number of hydrogen-bond donors (Lipinski definition) is 1. The van der Waals surface area contributed by atoms with E-state index in [4.69, 9.17) is 4.74 Å². The quantitative estimate of drug-likeness (QED) is 0.798. The first-order valence-corrected chi connectivity index (χ1v) is 4.70. The molecular weight excluding hydrogens is 181 g/mol. The maximum atomic E-state index is 13.0. The van der Waals surface area contributed by atoms with Crippen LogP contribution in [0.4, 0.5) is 4.39 Å². The zero-order valence-corrected chi connectivity index (χ0v) is 8.80. The largest absolute Gasteiger partial charge is 0.489 e. The molecule has 0 bridgehead atoms. The third-order valence-corrected chi connectivity index (χ3v) is 1.84. The maximum Gasteiger partial charge on any atom is 0.127 e. The summed E-state index contributed by atoms with van der Waals surface area (Å²) < 4.78 is 18.5. The molecule has 0 aliphatic heterocycles. The van der Waals surface area contributed by atoms with Crippen molar-refractivity contribution in [1.82, 2.24) is 5.32 Å². The molecule has 0 amide bonds. The Morgan fingerprint density at radius 1 is 1.43 bits per heavy atom. The molecule has 0 unspecified atom stereocenters. The van der Waals surface area contributed by atoms with Crippen molar-refractivity contribution in [3.63, 3.8) is 0 Å². The fraction of sp³-hybridized carbons (Fsp3) is 0.455. The predicted octanol–water partition coefficient (Wildman–Crippen LogP) is 2.12. The molecule has 0 aromatic heterocycles. The summed E-state index contributed by atoms with van der Waals surface area (Å²) in [4.78, 5) is 0. The SMILES string of the molecule is CNC[C@@H](C)Oc1cc(C)cc(F)c1. The highest BCUT2D eigenvalue weighted by atomic mass is 19.1. The molecule has 78 valence electrons.